The summed E-state index contributed by atoms with van der Waals surface area (Å²) in [4.78, 5) is 0. The second-order valence-electron chi connectivity index (χ2n) is 5.25. The van der Waals surface area contributed by atoms with Gasteiger partial charge in [-0.1, -0.05) is 19.9 Å². The van der Waals surface area contributed by atoms with Crippen LogP contribution in [-0.2, 0) is 11.3 Å². The standard InChI is InChI=1S/C15H22BrNO2/c1-11(2)17-9-12-5-6-15(14(16)8-12)19-10-13-4-3-7-18-13/h5-6,8,11,13,17H,3-4,7,9-10H2,1-2H3. The Balaban J connectivity index is 1.87. The van der Waals surface area contributed by atoms with Crippen molar-refractivity contribution in [1.29, 1.82) is 0 Å². The van der Waals surface area contributed by atoms with E-state index >= 15 is 0 Å². The van der Waals surface area contributed by atoms with Gasteiger partial charge < -0.3 is 14.8 Å². The number of halogens is 1. The van der Waals surface area contributed by atoms with Crippen molar-refractivity contribution in [2.75, 3.05) is 13.2 Å². The Morgan fingerprint density at radius 3 is 2.95 bits per heavy atom. The van der Waals surface area contributed by atoms with E-state index < -0.39 is 0 Å². The van der Waals surface area contributed by atoms with Gasteiger partial charge in [0.25, 0.3) is 0 Å². The smallest absolute Gasteiger partial charge is 0.133 e. The van der Waals surface area contributed by atoms with Crippen LogP contribution < -0.4 is 10.1 Å². The molecule has 1 heterocycles. The minimum atomic E-state index is 0.259. The van der Waals surface area contributed by atoms with Crippen LogP contribution in [0.15, 0.2) is 22.7 Å². The molecule has 106 valence electrons. The first-order chi connectivity index (χ1) is 9.15. The van der Waals surface area contributed by atoms with E-state index in [9.17, 15) is 0 Å². The molecule has 1 unspecified atom stereocenters. The summed E-state index contributed by atoms with van der Waals surface area (Å²) >= 11 is 3.57. The summed E-state index contributed by atoms with van der Waals surface area (Å²) in [6.07, 6.45) is 2.51. The van der Waals surface area contributed by atoms with Crippen molar-refractivity contribution in [3.8, 4) is 5.75 Å². The zero-order chi connectivity index (χ0) is 13.7. The zero-order valence-electron chi connectivity index (χ0n) is 11.6. The normalized spacial score (nSPS) is 19.1. The van der Waals surface area contributed by atoms with Gasteiger partial charge in [-0.05, 0) is 46.5 Å². The van der Waals surface area contributed by atoms with Gasteiger partial charge in [-0.25, -0.2) is 0 Å². The molecule has 19 heavy (non-hydrogen) atoms. The average molecular weight is 328 g/mol. The van der Waals surface area contributed by atoms with Gasteiger partial charge in [0, 0.05) is 19.2 Å². The maximum absolute atomic E-state index is 5.81. The quantitative estimate of drug-likeness (QED) is 0.867. The minimum absolute atomic E-state index is 0.259. The number of ether oxygens (including phenoxy) is 2. The summed E-state index contributed by atoms with van der Waals surface area (Å²) in [5.41, 5.74) is 1.25. The van der Waals surface area contributed by atoms with Crippen molar-refractivity contribution in [1.82, 2.24) is 5.32 Å². The maximum atomic E-state index is 5.81. The number of hydrogen-bond acceptors (Lipinski definition) is 3. The van der Waals surface area contributed by atoms with E-state index in [1.54, 1.807) is 0 Å². The molecule has 1 aliphatic heterocycles. The van der Waals surface area contributed by atoms with Crippen LogP contribution >= 0.6 is 15.9 Å². The Kier molecular flexibility index (Phi) is 5.67. The molecule has 1 saturated heterocycles. The molecule has 4 heteroatoms. The van der Waals surface area contributed by atoms with Crippen LogP contribution in [0.4, 0.5) is 0 Å². The Labute approximate surface area is 123 Å². The molecule has 0 spiro atoms. The molecule has 0 radical (unpaired) electrons. The third kappa shape index (κ3) is 4.79. The molecule has 0 amide bonds. The predicted octanol–water partition coefficient (Wildman–Crippen LogP) is 3.50. The number of benzene rings is 1. The SMILES string of the molecule is CC(C)NCc1ccc(OCC2CCCO2)c(Br)c1. The molecule has 0 saturated carbocycles. The molecule has 0 aliphatic carbocycles. The molecule has 1 fully saturated rings. The van der Waals surface area contributed by atoms with Gasteiger partial charge in [0.2, 0.25) is 0 Å². The first kappa shape index (κ1) is 14.8. The van der Waals surface area contributed by atoms with Gasteiger partial charge in [-0.3, -0.25) is 0 Å². The molecular weight excluding hydrogens is 306 g/mol. The number of hydrogen-bond donors (Lipinski definition) is 1. The molecular formula is C15H22BrNO2. The fourth-order valence-corrected chi connectivity index (χ4v) is 2.59. The van der Waals surface area contributed by atoms with E-state index in [1.165, 1.54) is 5.56 Å². The second-order valence-corrected chi connectivity index (χ2v) is 6.10. The molecule has 1 atom stereocenters. The monoisotopic (exact) mass is 327 g/mol. The molecule has 2 rings (SSSR count). The molecule has 3 nitrogen and oxygen atoms in total. The summed E-state index contributed by atoms with van der Waals surface area (Å²) in [5.74, 6) is 0.892. The van der Waals surface area contributed by atoms with E-state index in [4.69, 9.17) is 9.47 Å². The Morgan fingerprint density at radius 1 is 1.47 bits per heavy atom. The average Bonchev–Trinajstić information content (AvgIpc) is 2.88. The van der Waals surface area contributed by atoms with Crippen LogP contribution in [0.5, 0.6) is 5.75 Å². The van der Waals surface area contributed by atoms with Gasteiger partial charge in [-0.15, -0.1) is 0 Å². The lowest BCUT2D eigenvalue weighted by atomic mass is 10.2. The summed E-state index contributed by atoms with van der Waals surface area (Å²) in [5, 5.41) is 3.40. The van der Waals surface area contributed by atoms with Gasteiger partial charge >= 0.3 is 0 Å². The first-order valence-corrected chi connectivity index (χ1v) is 7.70. The van der Waals surface area contributed by atoms with Gasteiger partial charge in [0.1, 0.15) is 12.4 Å². The molecule has 1 aromatic carbocycles. The largest absolute Gasteiger partial charge is 0.490 e. The van der Waals surface area contributed by atoms with Crippen LogP contribution in [0.25, 0.3) is 0 Å². The zero-order valence-corrected chi connectivity index (χ0v) is 13.2. The van der Waals surface area contributed by atoms with Crippen LogP contribution in [0, 0.1) is 0 Å². The van der Waals surface area contributed by atoms with Crippen molar-refractivity contribution in [2.24, 2.45) is 0 Å². The highest BCUT2D eigenvalue weighted by molar-refractivity contribution is 9.10. The molecule has 0 bridgehead atoms. The molecule has 1 aromatic rings. The summed E-state index contributed by atoms with van der Waals surface area (Å²) in [6.45, 7) is 6.68. The van der Waals surface area contributed by atoms with Crippen LogP contribution in [0.3, 0.4) is 0 Å². The van der Waals surface area contributed by atoms with Crippen molar-refractivity contribution in [2.45, 2.75) is 45.4 Å². The fourth-order valence-electron chi connectivity index (χ4n) is 2.05. The Bertz CT molecular complexity index is 403. The molecule has 1 aliphatic rings. The van der Waals surface area contributed by atoms with Crippen LogP contribution in [0.1, 0.15) is 32.3 Å². The Hall–Kier alpha value is -0.580. The highest BCUT2D eigenvalue weighted by Gasteiger charge is 2.16. The highest BCUT2D eigenvalue weighted by atomic mass is 79.9. The lowest BCUT2D eigenvalue weighted by Crippen LogP contribution is -2.21. The van der Waals surface area contributed by atoms with Gasteiger partial charge in [0.15, 0.2) is 0 Å². The van der Waals surface area contributed by atoms with Crippen molar-refractivity contribution < 1.29 is 9.47 Å². The fraction of sp³-hybridized carbons (Fsp3) is 0.600. The summed E-state index contributed by atoms with van der Waals surface area (Å²) < 4.78 is 12.4. The van der Waals surface area contributed by atoms with E-state index in [1.807, 2.05) is 6.07 Å². The lowest BCUT2D eigenvalue weighted by Gasteiger charge is -2.14. The van der Waals surface area contributed by atoms with Crippen molar-refractivity contribution >= 4 is 15.9 Å². The summed E-state index contributed by atoms with van der Waals surface area (Å²) in [7, 11) is 0. The van der Waals surface area contributed by atoms with Crippen molar-refractivity contribution in [3.63, 3.8) is 0 Å². The van der Waals surface area contributed by atoms with Crippen molar-refractivity contribution in [3.05, 3.63) is 28.2 Å². The van der Waals surface area contributed by atoms with Crippen LogP contribution in [-0.4, -0.2) is 25.4 Å². The van der Waals surface area contributed by atoms with Gasteiger partial charge in [-0.2, -0.15) is 0 Å². The topological polar surface area (TPSA) is 30.5 Å². The third-order valence-corrected chi connectivity index (χ3v) is 3.78. The van der Waals surface area contributed by atoms with Crippen LogP contribution in [0.2, 0.25) is 0 Å². The number of rotatable bonds is 6. The second kappa shape index (κ2) is 7.27. The Morgan fingerprint density at radius 2 is 2.32 bits per heavy atom. The number of nitrogens with one attached hydrogen (secondary N) is 1. The van der Waals surface area contributed by atoms with E-state index in [2.05, 4.69) is 47.2 Å². The maximum Gasteiger partial charge on any atom is 0.133 e. The minimum Gasteiger partial charge on any atom is -0.490 e. The molecule has 0 aromatic heterocycles. The first-order valence-electron chi connectivity index (χ1n) is 6.91. The van der Waals surface area contributed by atoms with E-state index in [0.29, 0.717) is 12.6 Å². The van der Waals surface area contributed by atoms with E-state index in [0.717, 1.165) is 36.2 Å². The van der Waals surface area contributed by atoms with Gasteiger partial charge in [0.05, 0.1) is 10.6 Å². The summed E-state index contributed by atoms with van der Waals surface area (Å²) in [6, 6.07) is 6.73. The third-order valence-electron chi connectivity index (χ3n) is 3.16. The predicted molar refractivity (Wildman–Crippen MR) is 80.6 cm³/mol. The molecule has 1 N–H and O–H groups in total. The highest BCUT2D eigenvalue weighted by Crippen LogP contribution is 2.27. The lowest BCUT2D eigenvalue weighted by molar-refractivity contribution is 0.0677. The van der Waals surface area contributed by atoms with E-state index in [-0.39, 0.29) is 6.10 Å².